The summed E-state index contributed by atoms with van der Waals surface area (Å²) >= 11 is 0. The van der Waals surface area contributed by atoms with E-state index in [1.165, 1.54) is 0 Å². The number of hydrogen-bond acceptors (Lipinski definition) is 2. The van der Waals surface area contributed by atoms with Crippen molar-refractivity contribution in [2.24, 2.45) is 17.6 Å². The van der Waals surface area contributed by atoms with Gasteiger partial charge in [-0.1, -0.05) is 18.6 Å². The molecule has 27 heavy (non-hydrogen) atoms. The van der Waals surface area contributed by atoms with Crippen molar-refractivity contribution in [3.05, 3.63) is 29.3 Å². The van der Waals surface area contributed by atoms with E-state index in [-0.39, 0.29) is 5.92 Å². The quantitative estimate of drug-likeness (QED) is 0.788. The summed E-state index contributed by atoms with van der Waals surface area (Å²) < 4.78 is 27.9. The Bertz CT molecular complexity index is 654. The molecule has 2 amide bonds. The molecule has 1 aliphatic carbocycles. The first-order valence-electron chi connectivity index (χ1n) is 10.1. The smallest absolute Gasteiger partial charge is 0.316 e. The van der Waals surface area contributed by atoms with Crippen molar-refractivity contribution in [2.75, 3.05) is 18.4 Å². The number of carbonyl (C=O) groups is 1. The summed E-state index contributed by atoms with van der Waals surface area (Å²) in [6.07, 6.45) is 2.33. The lowest BCUT2D eigenvalue weighted by Gasteiger charge is -2.37. The number of carbonyl (C=O) groups excluding carboxylic acids is 1. The minimum atomic E-state index is -1.29. The first kappa shape index (κ1) is 20.1. The Morgan fingerprint density at radius 1 is 1.26 bits per heavy atom. The number of amides is 2. The molecule has 0 bridgehead atoms. The Morgan fingerprint density at radius 2 is 2.07 bits per heavy atom. The average molecular weight is 379 g/mol. The van der Waals surface area contributed by atoms with Crippen molar-refractivity contribution >= 4 is 11.7 Å². The first-order valence-corrected chi connectivity index (χ1v) is 10.1. The van der Waals surface area contributed by atoms with Gasteiger partial charge in [0.15, 0.2) is 0 Å². The average Bonchev–Trinajstić information content (AvgIpc) is 2.62. The van der Waals surface area contributed by atoms with Gasteiger partial charge in [0.25, 0.3) is 0 Å². The van der Waals surface area contributed by atoms with Crippen LogP contribution < -0.4 is 11.1 Å². The number of alkyl halides is 2. The second-order valence-corrected chi connectivity index (χ2v) is 8.22. The molecule has 2 fully saturated rings. The summed E-state index contributed by atoms with van der Waals surface area (Å²) in [4.78, 5) is 13.7. The highest BCUT2D eigenvalue weighted by atomic mass is 19.2. The van der Waals surface area contributed by atoms with E-state index in [0.29, 0.717) is 12.3 Å². The van der Waals surface area contributed by atoms with Crippen molar-refractivity contribution in [2.45, 2.75) is 64.3 Å². The van der Waals surface area contributed by atoms with Crippen LogP contribution in [-0.4, -0.2) is 36.4 Å². The van der Waals surface area contributed by atoms with Gasteiger partial charge in [0, 0.05) is 18.8 Å². The Hall–Kier alpha value is -1.69. The highest BCUT2D eigenvalue weighted by molar-refractivity contribution is 5.88. The predicted octanol–water partition coefficient (Wildman–Crippen LogP) is 4.56. The number of nitrogens with one attached hydrogen (secondary N) is 1. The fraction of sp³-hybridized carbons (Fsp3) is 0.667. The topological polar surface area (TPSA) is 58.4 Å². The second-order valence-electron chi connectivity index (χ2n) is 8.22. The van der Waals surface area contributed by atoms with Crippen LogP contribution in [0, 0.1) is 18.8 Å². The number of rotatable bonds is 5. The number of hydrogen-bond donors (Lipinski definition) is 2. The molecule has 1 saturated carbocycles. The number of nitrogens with two attached hydrogens (primary N) is 1. The fourth-order valence-corrected chi connectivity index (χ4v) is 4.74. The van der Waals surface area contributed by atoms with Crippen LogP contribution in [0.4, 0.5) is 19.3 Å². The van der Waals surface area contributed by atoms with E-state index < -0.39 is 18.4 Å². The maximum Gasteiger partial charge on any atom is 0.316 e. The lowest BCUT2D eigenvalue weighted by molar-refractivity contribution is 0.0433. The fourth-order valence-electron chi connectivity index (χ4n) is 4.74. The number of likely N-dealkylation sites (tertiary alicyclic amines) is 1. The van der Waals surface area contributed by atoms with Gasteiger partial charge in [-0.05, 0) is 74.6 Å². The molecule has 6 heteroatoms. The summed E-state index contributed by atoms with van der Waals surface area (Å²) in [7, 11) is 0. The number of halogens is 2. The lowest BCUT2D eigenvalue weighted by Crippen LogP contribution is -2.39. The SMILES string of the molecule is Cc1cccc(NC(N)=O)c1CN1CCCC(CC2CCCC(F)C2F)C1. The van der Waals surface area contributed by atoms with Crippen molar-refractivity contribution in [3.8, 4) is 0 Å². The molecule has 0 radical (unpaired) electrons. The molecule has 4 unspecified atom stereocenters. The van der Waals surface area contributed by atoms with Gasteiger partial charge in [0.05, 0.1) is 0 Å². The number of nitrogens with zero attached hydrogens (tertiary/aromatic N) is 1. The van der Waals surface area contributed by atoms with Gasteiger partial charge in [-0.25, -0.2) is 13.6 Å². The van der Waals surface area contributed by atoms with Crippen molar-refractivity contribution in [3.63, 3.8) is 0 Å². The van der Waals surface area contributed by atoms with E-state index in [1.807, 2.05) is 25.1 Å². The number of urea groups is 1. The number of piperidine rings is 1. The summed E-state index contributed by atoms with van der Waals surface area (Å²) in [5.74, 6) is 0.271. The van der Waals surface area contributed by atoms with Gasteiger partial charge in [-0.2, -0.15) is 0 Å². The molecule has 1 saturated heterocycles. The van der Waals surface area contributed by atoms with E-state index in [1.54, 1.807) is 0 Å². The van der Waals surface area contributed by atoms with Crippen molar-refractivity contribution in [1.29, 1.82) is 0 Å². The summed E-state index contributed by atoms with van der Waals surface area (Å²) in [6, 6.07) is 5.23. The largest absolute Gasteiger partial charge is 0.351 e. The molecular formula is C21H31F2N3O. The van der Waals surface area contributed by atoms with Crippen LogP contribution in [0.25, 0.3) is 0 Å². The highest BCUT2D eigenvalue weighted by Crippen LogP contribution is 2.36. The monoisotopic (exact) mass is 379 g/mol. The molecule has 3 rings (SSSR count). The zero-order valence-electron chi connectivity index (χ0n) is 16.1. The van der Waals surface area contributed by atoms with Crippen LogP contribution in [0.15, 0.2) is 18.2 Å². The third-order valence-corrected chi connectivity index (χ3v) is 6.14. The molecule has 1 aliphatic heterocycles. The standard InChI is InChI=1S/C21H31F2N3O/c1-14-5-2-9-19(25-21(24)27)17(14)13-26-10-4-6-15(12-26)11-16-7-3-8-18(22)20(16)23/h2,5,9,15-16,18,20H,3-4,6-8,10-13H2,1H3,(H3,24,25,27). The molecule has 1 aromatic carbocycles. The van der Waals surface area contributed by atoms with Crippen LogP contribution in [0.3, 0.4) is 0 Å². The van der Waals surface area contributed by atoms with Crippen LogP contribution in [0.5, 0.6) is 0 Å². The molecule has 1 heterocycles. The minimum absolute atomic E-state index is 0.135. The molecule has 150 valence electrons. The maximum absolute atomic E-state index is 14.2. The van der Waals surface area contributed by atoms with E-state index in [0.717, 1.165) is 68.6 Å². The number of primary amides is 1. The normalized spacial score (nSPS) is 29.4. The minimum Gasteiger partial charge on any atom is -0.351 e. The summed E-state index contributed by atoms with van der Waals surface area (Å²) in [5, 5.41) is 2.71. The first-order chi connectivity index (χ1) is 12.9. The third kappa shape index (κ3) is 5.18. The van der Waals surface area contributed by atoms with Gasteiger partial charge in [-0.3, -0.25) is 4.90 Å². The van der Waals surface area contributed by atoms with Crippen LogP contribution in [0.2, 0.25) is 0 Å². The van der Waals surface area contributed by atoms with E-state index in [9.17, 15) is 13.6 Å². The molecule has 4 nitrogen and oxygen atoms in total. The van der Waals surface area contributed by atoms with Crippen LogP contribution in [-0.2, 0) is 6.54 Å². The Kier molecular flexibility index (Phi) is 6.68. The number of anilines is 1. The lowest BCUT2D eigenvalue weighted by atomic mass is 9.78. The molecule has 3 N–H and O–H groups in total. The third-order valence-electron chi connectivity index (χ3n) is 6.14. The molecule has 1 aromatic rings. The predicted molar refractivity (Wildman–Crippen MR) is 104 cm³/mol. The highest BCUT2D eigenvalue weighted by Gasteiger charge is 2.35. The van der Waals surface area contributed by atoms with Crippen molar-refractivity contribution in [1.82, 2.24) is 4.90 Å². The van der Waals surface area contributed by atoms with E-state index >= 15 is 0 Å². The van der Waals surface area contributed by atoms with Gasteiger partial charge < -0.3 is 11.1 Å². The molecule has 2 aliphatic rings. The van der Waals surface area contributed by atoms with Gasteiger partial charge in [0.2, 0.25) is 0 Å². The molecule has 4 atom stereocenters. The van der Waals surface area contributed by atoms with Gasteiger partial charge in [0.1, 0.15) is 12.3 Å². The maximum atomic E-state index is 14.2. The van der Waals surface area contributed by atoms with Crippen LogP contribution in [0.1, 0.15) is 49.7 Å². The van der Waals surface area contributed by atoms with Crippen molar-refractivity contribution < 1.29 is 13.6 Å². The van der Waals surface area contributed by atoms with Gasteiger partial charge in [-0.15, -0.1) is 0 Å². The van der Waals surface area contributed by atoms with Gasteiger partial charge >= 0.3 is 6.03 Å². The van der Waals surface area contributed by atoms with Crippen LogP contribution >= 0.6 is 0 Å². The van der Waals surface area contributed by atoms with E-state index in [4.69, 9.17) is 5.73 Å². The second kappa shape index (κ2) is 9.00. The molecule has 0 aromatic heterocycles. The Balaban J connectivity index is 1.63. The number of benzene rings is 1. The molecular weight excluding hydrogens is 348 g/mol. The number of aryl methyl sites for hydroxylation is 1. The molecule has 0 spiro atoms. The summed E-state index contributed by atoms with van der Waals surface area (Å²) in [6.45, 7) is 4.63. The Morgan fingerprint density at radius 3 is 2.85 bits per heavy atom. The zero-order chi connectivity index (χ0) is 19.4. The van der Waals surface area contributed by atoms with E-state index in [2.05, 4.69) is 10.2 Å². The Labute approximate surface area is 160 Å². The zero-order valence-corrected chi connectivity index (χ0v) is 16.1. The summed E-state index contributed by atoms with van der Waals surface area (Å²) in [5.41, 5.74) is 8.23.